The van der Waals surface area contributed by atoms with E-state index in [2.05, 4.69) is 4.90 Å². The maximum atomic E-state index is 8.52. The molecule has 1 saturated heterocycles. The zero-order valence-corrected chi connectivity index (χ0v) is 8.82. The maximum Gasteiger partial charge on any atom is 0.0698 e. The van der Waals surface area contributed by atoms with Crippen molar-refractivity contribution in [2.75, 3.05) is 46.0 Å². The molecule has 0 saturated carbocycles. The molecule has 0 aromatic rings. The Morgan fingerprint density at radius 2 is 2.29 bits per heavy atom. The molecule has 0 spiro atoms. The van der Waals surface area contributed by atoms with Crippen molar-refractivity contribution in [1.29, 1.82) is 0 Å². The summed E-state index contributed by atoms with van der Waals surface area (Å²) in [4.78, 5) is 2.41. The average Bonchev–Trinajstić information content (AvgIpc) is 2.61. The molecule has 1 heterocycles. The number of hydrogen-bond acceptors (Lipinski definition) is 4. The van der Waals surface area contributed by atoms with Crippen LogP contribution in [0.25, 0.3) is 0 Å². The van der Waals surface area contributed by atoms with Crippen LogP contribution < -0.4 is 5.73 Å². The Hall–Kier alpha value is -0.160. The lowest BCUT2D eigenvalue weighted by Gasteiger charge is -2.15. The molecule has 4 nitrogen and oxygen atoms in total. The Kier molecular flexibility index (Phi) is 6.10. The van der Waals surface area contributed by atoms with Crippen LogP contribution in [-0.4, -0.2) is 56.0 Å². The van der Waals surface area contributed by atoms with Crippen LogP contribution in [0, 0.1) is 5.92 Å². The molecule has 0 radical (unpaired) electrons. The summed E-state index contributed by atoms with van der Waals surface area (Å²) in [6.45, 7) is 5.44. The third kappa shape index (κ3) is 4.37. The van der Waals surface area contributed by atoms with E-state index in [-0.39, 0.29) is 6.61 Å². The molecular formula is C10H22N2O2. The van der Waals surface area contributed by atoms with Crippen molar-refractivity contribution in [3.05, 3.63) is 0 Å². The van der Waals surface area contributed by atoms with Crippen LogP contribution in [0.2, 0.25) is 0 Å². The van der Waals surface area contributed by atoms with Crippen molar-refractivity contribution in [2.45, 2.75) is 12.8 Å². The van der Waals surface area contributed by atoms with E-state index in [1.54, 1.807) is 0 Å². The van der Waals surface area contributed by atoms with Crippen LogP contribution in [0.1, 0.15) is 12.8 Å². The number of aliphatic hydroxyl groups excluding tert-OH is 1. The van der Waals surface area contributed by atoms with Gasteiger partial charge in [-0.15, -0.1) is 0 Å². The number of aliphatic hydroxyl groups is 1. The molecule has 0 aromatic carbocycles. The minimum Gasteiger partial charge on any atom is -0.394 e. The fourth-order valence-electron chi connectivity index (χ4n) is 1.95. The molecule has 0 aromatic heterocycles. The molecule has 0 amide bonds. The van der Waals surface area contributed by atoms with E-state index < -0.39 is 0 Å². The van der Waals surface area contributed by atoms with Gasteiger partial charge >= 0.3 is 0 Å². The molecule has 1 fully saturated rings. The maximum absolute atomic E-state index is 8.52. The second kappa shape index (κ2) is 7.17. The fourth-order valence-corrected chi connectivity index (χ4v) is 1.95. The van der Waals surface area contributed by atoms with Crippen LogP contribution in [0.3, 0.4) is 0 Å². The first-order chi connectivity index (χ1) is 6.86. The van der Waals surface area contributed by atoms with Crippen LogP contribution in [0.15, 0.2) is 0 Å². The summed E-state index contributed by atoms with van der Waals surface area (Å²) in [5.41, 5.74) is 5.52. The molecular weight excluding hydrogens is 180 g/mol. The highest BCUT2D eigenvalue weighted by molar-refractivity contribution is 4.75. The fraction of sp³-hybridized carbons (Fsp3) is 1.00. The Balaban J connectivity index is 1.98. The average molecular weight is 202 g/mol. The lowest BCUT2D eigenvalue weighted by molar-refractivity contribution is 0.0774. The second-order valence-corrected chi connectivity index (χ2v) is 3.87. The molecule has 1 unspecified atom stereocenters. The molecule has 1 rings (SSSR count). The summed E-state index contributed by atoms with van der Waals surface area (Å²) >= 11 is 0. The van der Waals surface area contributed by atoms with Gasteiger partial charge < -0.3 is 20.5 Å². The molecule has 1 aliphatic rings. The smallest absolute Gasteiger partial charge is 0.0698 e. The molecule has 84 valence electrons. The summed E-state index contributed by atoms with van der Waals surface area (Å²) < 4.78 is 5.22. The number of rotatable bonds is 7. The highest BCUT2D eigenvalue weighted by Gasteiger charge is 2.20. The summed E-state index contributed by atoms with van der Waals surface area (Å²) in [5, 5.41) is 8.52. The van der Waals surface area contributed by atoms with E-state index in [1.165, 1.54) is 19.5 Å². The Morgan fingerprint density at radius 1 is 1.43 bits per heavy atom. The molecule has 0 aliphatic carbocycles. The van der Waals surface area contributed by atoms with Crippen molar-refractivity contribution in [1.82, 2.24) is 4.90 Å². The van der Waals surface area contributed by atoms with Crippen molar-refractivity contribution in [3.63, 3.8) is 0 Å². The Labute approximate surface area is 86.0 Å². The van der Waals surface area contributed by atoms with Crippen molar-refractivity contribution < 1.29 is 9.84 Å². The minimum absolute atomic E-state index is 0.121. The number of nitrogens with two attached hydrogens (primary N) is 1. The van der Waals surface area contributed by atoms with Gasteiger partial charge in [-0.05, 0) is 31.8 Å². The van der Waals surface area contributed by atoms with E-state index in [1.807, 2.05) is 0 Å². The topological polar surface area (TPSA) is 58.7 Å². The first-order valence-corrected chi connectivity index (χ1v) is 5.48. The third-order valence-corrected chi connectivity index (χ3v) is 2.73. The van der Waals surface area contributed by atoms with Crippen LogP contribution in [0.5, 0.6) is 0 Å². The molecule has 3 N–H and O–H groups in total. The van der Waals surface area contributed by atoms with Gasteiger partial charge in [-0.25, -0.2) is 0 Å². The van der Waals surface area contributed by atoms with Gasteiger partial charge in [-0.2, -0.15) is 0 Å². The van der Waals surface area contributed by atoms with Gasteiger partial charge in [-0.3, -0.25) is 0 Å². The number of likely N-dealkylation sites (tertiary alicyclic amines) is 1. The van der Waals surface area contributed by atoms with Crippen LogP contribution >= 0.6 is 0 Å². The van der Waals surface area contributed by atoms with E-state index >= 15 is 0 Å². The quantitative estimate of drug-likeness (QED) is 0.555. The largest absolute Gasteiger partial charge is 0.394 e. The minimum atomic E-state index is 0.121. The van der Waals surface area contributed by atoms with Gasteiger partial charge in [0, 0.05) is 13.1 Å². The Bertz CT molecular complexity index is 144. The third-order valence-electron chi connectivity index (χ3n) is 2.73. The number of ether oxygens (including phenoxy) is 1. The lowest BCUT2D eigenvalue weighted by Crippen LogP contribution is -2.26. The van der Waals surface area contributed by atoms with Crippen molar-refractivity contribution >= 4 is 0 Å². The summed E-state index contributed by atoms with van der Waals surface area (Å²) in [5.74, 6) is 0.790. The van der Waals surface area contributed by atoms with Crippen LogP contribution in [-0.2, 0) is 4.74 Å². The number of nitrogens with zero attached hydrogens (tertiary/aromatic N) is 1. The van der Waals surface area contributed by atoms with Gasteiger partial charge in [0.2, 0.25) is 0 Å². The number of hydrogen-bond donors (Lipinski definition) is 2. The molecule has 1 atom stereocenters. The zero-order chi connectivity index (χ0) is 10.2. The molecule has 0 bridgehead atoms. The first kappa shape index (κ1) is 11.9. The zero-order valence-electron chi connectivity index (χ0n) is 8.82. The van der Waals surface area contributed by atoms with Gasteiger partial charge in [0.25, 0.3) is 0 Å². The summed E-state index contributed by atoms with van der Waals surface area (Å²) in [6.07, 6.45) is 2.42. The van der Waals surface area contributed by atoms with E-state index in [4.69, 9.17) is 15.6 Å². The van der Waals surface area contributed by atoms with Crippen molar-refractivity contribution in [3.8, 4) is 0 Å². The highest BCUT2D eigenvalue weighted by atomic mass is 16.5. The predicted octanol–water partition coefficient (Wildman–Crippen LogP) is -0.334. The molecule has 4 heteroatoms. The predicted molar refractivity (Wildman–Crippen MR) is 56.1 cm³/mol. The summed E-state index contributed by atoms with van der Waals surface area (Å²) in [6, 6.07) is 0. The van der Waals surface area contributed by atoms with Gasteiger partial charge in [0.1, 0.15) is 0 Å². The van der Waals surface area contributed by atoms with E-state index in [9.17, 15) is 0 Å². The highest BCUT2D eigenvalue weighted by Crippen LogP contribution is 2.18. The van der Waals surface area contributed by atoms with Gasteiger partial charge in [-0.1, -0.05) is 0 Å². The first-order valence-electron chi connectivity index (χ1n) is 5.48. The Morgan fingerprint density at radius 3 is 3.00 bits per heavy atom. The van der Waals surface area contributed by atoms with Crippen molar-refractivity contribution in [2.24, 2.45) is 11.7 Å². The van der Waals surface area contributed by atoms with Gasteiger partial charge in [0.05, 0.1) is 19.8 Å². The van der Waals surface area contributed by atoms with E-state index in [0.717, 1.165) is 32.0 Å². The van der Waals surface area contributed by atoms with Crippen LogP contribution in [0.4, 0.5) is 0 Å². The monoisotopic (exact) mass is 202 g/mol. The SMILES string of the molecule is NCCC1CCN(CCOCCO)C1. The van der Waals surface area contributed by atoms with E-state index in [0.29, 0.717) is 6.61 Å². The molecule has 14 heavy (non-hydrogen) atoms. The standard InChI is InChI=1S/C10H22N2O2/c11-3-1-10-2-4-12(9-10)5-7-14-8-6-13/h10,13H,1-9,11H2. The lowest BCUT2D eigenvalue weighted by atomic mass is 10.1. The van der Waals surface area contributed by atoms with Gasteiger partial charge in [0.15, 0.2) is 0 Å². The normalized spacial score (nSPS) is 23.1. The summed E-state index contributed by atoms with van der Waals surface area (Å²) in [7, 11) is 0. The molecule has 1 aliphatic heterocycles. The second-order valence-electron chi connectivity index (χ2n) is 3.87.